The quantitative estimate of drug-likeness (QED) is 0.282. The fourth-order valence-corrected chi connectivity index (χ4v) is 6.37. The van der Waals surface area contributed by atoms with Crippen LogP contribution in [0, 0.1) is 13.8 Å². The topological polar surface area (TPSA) is 55.2 Å². The second-order valence-corrected chi connectivity index (χ2v) is 10.3. The summed E-state index contributed by atoms with van der Waals surface area (Å²) < 4.78 is 1.69. The molecule has 5 rings (SSSR count). The highest BCUT2D eigenvalue weighted by Crippen LogP contribution is 2.35. The molecule has 1 atom stereocenters. The van der Waals surface area contributed by atoms with E-state index in [9.17, 15) is 9.59 Å². The van der Waals surface area contributed by atoms with Crippen molar-refractivity contribution in [1.29, 1.82) is 0 Å². The van der Waals surface area contributed by atoms with Gasteiger partial charge in [-0.25, -0.2) is 4.98 Å². The maximum Gasteiger partial charge on any atom is 0.266 e. The van der Waals surface area contributed by atoms with Gasteiger partial charge in [-0.2, -0.15) is 0 Å². The lowest BCUT2D eigenvalue weighted by Gasteiger charge is -2.24. The predicted octanol–water partition coefficient (Wildman–Crippen LogP) is 5.52. The number of carbonyl (C=O) groups excluding carboxylic acids is 1. The minimum Gasteiger partial charge on any atom is -0.334 e. The fourth-order valence-electron chi connectivity index (χ4n) is 4.62. The third-order valence-corrected chi connectivity index (χ3v) is 8.07. The van der Waals surface area contributed by atoms with Crippen LogP contribution in [0.15, 0.2) is 69.9 Å². The van der Waals surface area contributed by atoms with Crippen LogP contribution in [0.1, 0.15) is 34.9 Å². The van der Waals surface area contributed by atoms with E-state index >= 15 is 0 Å². The van der Waals surface area contributed by atoms with Gasteiger partial charge in [-0.05, 0) is 61.4 Å². The molecular formula is C26H25N3O2S2. The lowest BCUT2D eigenvalue weighted by Crippen LogP contribution is -2.32. The zero-order chi connectivity index (χ0) is 22.9. The van der Waals surface area contributed by atoms with E-state index in [-0.39, 0.29) is 23.3 Å². The van der Waals surface area contributed by atoms with Gasteiger partial charge in [-0.3, -0.25) is 14.2 Å². The summed E-state index contributed by atoms with van der Waals surface area (Å²) in [5.41, 5.74) is 3.39. The van der Waals surface area contributed by atoms with Crippen LogP contribution >= 0.6 is 23.1 Å². The van der Waals surface area contributed by atoms with Crippen LogP contribution in [0.2, 0.25) is 0 Å². The predicted molar refractivity (Wildman–Crippen MR) is 136 cm³/mol. The lowest BCUT2D eigenvalue weighted by atomic mass is 10.1. The van der Waals surface area contributed by atoms with Gasteiger partial charge in [0.05, 0.1) is 28.4 Å². The molecule has 0 N–H and O–H groups in total. The number of hydrogen-bond donors (Lipinski definition) is 0. The average Bonchev–Trinajstić information content (AvgIpc) is 3.51. The Hall–Kier alpha value is -2.90. The van der Waals surface area contributed by atoms with Gasteiger partial charge in [-0.15, -0.1) is 11.3 Å². The first-order chi connectivity index (χ1) is 16.0. The number of aromatic nitrogens is 2. The molecule has 2 aromatic heterocycles. The molecular weight excluding hydrogens is 450 g/mol. The lowest BCUT2D eigenvalue weighted by molar-refractivity contribution is -0.129. The summed E-state index contributed by atoms with van der Waals surface area (Å²) in [6.07, 6.45) is 2.01. The Morgan fingerprint density at radius 3 is 2.64 bits per heavy atom. The summed E-state index contributed by atoms with van der Waals surface area (Å²) in [6, 6.07) is 17.7. The number of rotatable bonds is 5. The van der Waals surface area contributed by atoms with Crippen molar-refractivity contribution in [3.8, 4) is 5.69 Å². The maximum absolute atomic E-state index is 13.6. The van der Waals surface area contributed by atoms with Crippen molar-refractivity contribution < 1.29 is 4.79 Å². The number of thioether (sulfide) groups is 1. The molecule has 5 nitrogen and oxygen atoms in total. The van der Waals surface area contributed by atoms with Crippen molar-refractivity contribution in [1.82, 2.24) is 14.5 Å². The number of hydrogen-bond acceptors (Lipinski definition) is 5. The van der Waals surface area contributed by atoms with Gasteiger partial charge in [-0.1, -0.05) is 48.2 Å². The molecule has 3 heterocycles. The highest BCUT2D eigenvalue weighted by Gasteiger charge is 2.30. The molecule has 0 bridgehead atoms. The molecule has 4 aromatic rings. The van der Waals surface area contributed by atoms with E-state index in [1.165, 1.54) is 16.6 Å². The SMILES string of the molecule is Cc1cccc(C)c1-n1c(SCC(=O)N2CCCC2c2cccs2)nc2ccccc2c1=O. The van der Waals surface area contributed by atoms with Crippen LogP contribution in [0.4, 0.5) is 0 Å². The van der Waals surface area contributed by atoms with Crippen LogP contribution in [0.25, 0.3) is 16.6 Å². The summed E-state index contributed by atoms with van der Waals surface area (Å²) in [7, 11) is 0. The largest absolute Gasteiger partial charge is 0.334 e. The van der Waals surface area contributed by atoms with Crippen molar-refractivity contribution in [3.05, 3.63) is 86.3 Å². The molecule has 0 spiro atoms. The fraction of sp³-hybridized carbons (Fsp3) is 0.269. The standard InChI is InChI=1S/C26H25N3O2S2/c1-17-8-5-9-18(2)24(17)29-25(31)19-10-3-4-11-20(19)27-26(29)33-16-23(30)28-14-6-12-21(28)22-13-7-15-32-22/h3-5,7-11,13,15,21H,6,12,14,16H2,1-2H3. The molecule has 1 fully saturated rings. The first kappa shape index (κ1) is 21.9. The monoisotopic (exact) mass is 475 g/mol. The first-order valence-electron chi connectivity index (χ1n) is 11.1. The summed E-state index contributed by atoms with van der Waals surface area (Å²) in [5.74, 6) is 0.337. The molecule has 1 amide bonds. The summed E-state index contributed by atoms with van der Waals surface area (Å²) >= 11 is 3.05. The highest BCUT2D eigenvalue weighted by atomic mass is 32.2. The third-order valence-electron chi connectivity index (χ3n) is 6.18. The number of carbonyl (C=O) groups is 1. The molecule has 1 unspecified atom stereocenters. The number of benzene rings is 2. The Morgan fingerprint density at radius 1 is 1.09 bits per heavy atom. The zero-order valence-electron chi connectivity index (χ0n) is 18.7. The Balaban J connectivity index is 1.51. The smallest absolute Gasteiger partial charge is 0.266 e. The molecule has 1 aliphatic rings. The van der Waals surface area contributed by atoms with Crippen LogP contribution in [-0.4, -0.2) is 32.7 Å². The normalized spacial score (nSPS) is 15.9. The van der Waals surface area contributed by atoms with Gasteiger partial charge in [0.15, 0.2) is 5.16 Å². The molecule has 1 aliphatic heterocycles. The summed E-state index contributed by atoms with van der Waals surface area (Å²) in [5, 5.41) is 3.19. The van der Waals surface area contributed by atoms with Gasteiger partial charge in [0.2, 0.25) is 5.91 Å². The molecule has 2 aromatic carbocycles. The van der Waals surface area contributed by atoms with Crippen LogP contribution in [0.3, 0.4) is 0 Å². The van der Waals surface area contributed by atoms with Crippen molar-refractivity contribution in [3.63, 3.8) is 0 Å². The molecule has 7 heteroatoms. The number of fused-ring (bicyclic) bond motifs is 1. The molecule has 0 radical (unpaired) electrons. The van der Waals surface area contributed by atoms with Crippen LogP contribution < -0.4 is 5.56 Å². The van der Waals surface area contributed by atoms with Crippen molar-refractivity contribution >= 4 is 39.9 Å². The number of amides is 1. The van der Waals surface area contributed by atoms with Crippen molar-refractivity contribution in [2.75, 3.05) is 12.3 Å². The Kier molecular flexibility index (Phi) is 6.08. The van der Waals surface area contributed by atoms with E-state index in [1.54, 1.807) is 15.9 Å². The van der Waals surface area contributed by atoms with Crippen LogP contribution in [-0.2, 0) is 4.79 Å². The van der Waals surface area contributed by atoms with Crippen molar-refractivity contribution in [2.45, 2.75) is 37.9 Å². The van der Waals surface area contributed by atoms with E-state index in [0.29, 0.717) is 16.1 Å². The van der Waals surface area contributed by atoms with E-state index in [2.05, 4.69) is 11.4 Å². The Labute approximate surface area is 201 Å². The summed E-state index contributed by atoms with van der Waals surface area (Å²) in [4.78, 5) is 34.9. The average molecular weight is 476 g/mol. The number of nitrogens with zero attached hydrogens (tertiary/aromatic N) is 3. The van der Waals surface area contributed by atoms with Crippen molar-refractivity contribution in [2.24, 2.45) is 0 Å². The Bertz CT molecular complexity index is 1360. The van der Waals surface area contributed by atoms with Gasteiger partial charge < -0.3 is 4.90 Å². The number of thiophene rings is 1. The number of para-hydroxylation sites is 2. The van der Waals surface area contributed by atoms with E-state index in [1.807, 2.05) is 67.3 Å². The van der Waals surface area contributed by atoms with Gasteiger partial charge >= 0.3 is 0 Å². The van der Waals surface area contributed by atoms with Gasteiger partial charge in [0, 0.05) is 11.4 Å². The van der Waals surface area contributed by atoms with Crippen LogP contribution in [0.5, 0.6) is 0 Å². The molecule has 0 saturated carbocycles. The van der Waals surface area contributed by atoms with E-state index in [4.69, 9.17) is 4.98 Å². The second-order valence-electron chi connectivity index (χ2n) is 8.34. The first-order valence-corrected chi connectivity index (χ1v) is 12.9. The third kappa shape index (κ3) is 4.11. The molecule has 1 saturated heterocycles. The number of likely N-dealkylation sites (tertiary alicyclic amines) is 1. The minimum absolute atomic E-state index is 0.0892. The van der Waals surface area contributed by atoms with E-state index < -0.39 is 0 Å². The van der Waals surface area contributed by atoms with Gasteiger partial charge in [0.25, 0.3) is 5.56 Å². The van der Waals surface area contributed by atoms with E-state index in [0.717, 1.165) is 36.2 Å². The Morgan fingerprint density at radius 2 is 1.88 bits per heavy atom. The number of aryl methyl sites for hydroxylation is 2. The van der Waals surface area contributed by atoms with Gasteiger partial charge in [0.1, 0.15) is 0 Å². The molecule has 168 valence electrons. The maximum atomic E-state index is 13.6. The highest BCUT2D eigenvalue weighted by molar-refractivity contribution is 7.99. The zero-order valence-corrected chi connectivity index (χ0v) is 20.3. The molecule has 33 heavy (non-hydrogen) atoms. The minimum atomic E-state index is -0.106. The molecule has 0 aliphatic carbocycles. The second kappa shape index (κ2) is 9.15. The summed E-state index contributed by atoms with van der Waals surface area (Å²) in [6.45, 7) is 4.77.